The third-order valence-corrected chi connectivity index (χ3v) is 4.74. The number of hydrogen-bond acceptors (Lipinski definition) is 3. The summed E-state index contributed by atoms with van der Waals surface area (Å²) in [5.74, 6) is 0.344. The molecule has 0 spiro atoms. The van der Waals surface area contributed by atoms with Crippen molar-refractivity contribution in [2.24, 2.45) is 0 Å². The van der Waals surface area contributed by atoms with Crippen molar-refractivity contribution in [2.45, 2.75) is 25.8 Å². The highest BCUT2D eigenvalue weighted by atomic mass is 79.9. The van der Waals surface area contributed by atoms with Crippen LogP contribution in [0.2, 0.25) is 0 Å². The van der Waals surface area contributed by atoms with E-state index in [1.807, 2.05) is 12.1 Å². The predicted molar refractivity (Wildman–Crippen MR) is 93.9 cm³/mol. The molecule has 22 heavy (non-hydrogen) atoms. The molecule has 0 saturated carbocycles. The summed E-state index contributed by atoms with van der Waals surface area (Å²) in [7, 11) is 0. The molecule has 0 radical (unpaired) electrons. The van der Waals surface area contributed by atoms with Crippen LogP contribution in [0.25, 0.3) is 0 Å². The Kier molecular flexibility index (Phi) is 4.69. The monoisotopic (exact) mass is 360 g/mol. The zero-order chi connectivity index (χ0) is 15.5. The van der Waals surface area contributed by atoms with E-state index in [0.29, 0.717) is 11.8 Å². The maximum Gasteiger partial charge on any atom is 0.115 e. The number of benzene rings is 2. The molecule has 0 amide bonds. The van der Waals surface area contributed by atoms with Crippen molar-refractivity contribution in [2.75, 3.05) is 18.1 Å². The molecule has 0 bridgehead atoms. The predicted octanol–water partition coefficient (Wildman–Crippen LogP) is 4.73. The largest absolute Gasteiger partial charge is 0.508 e. The molecule has 1 saturated heterocycles. The van der Waals surface area contributed by atoms with Gasteiger partial charge in [0, 0.05) is 17.6 Å². The number of hydrogen-bond donors (Lipinski definition) is 1. The van der Waals surface area contributed by atoms with Crippen LogP contribution >= 0.6 is 15.9 Å². The zero-order valence-corrected chi connectivity index (χ0v) is 14.3. The molecule has 2 aromatic rings. The van der Waals surface area contributed by atoms with Crippen LogP contribution in [0.1, 0.15) is 31.4 Å². The second-order valence-corrected chi connectivity index (χ2v) is 6.52. The smallest absolute Gasteiger partial charge is 0.115 e. The van der Waals surface area contributed by atoms with Crippen LogP contribution in [0.4, 0.5) is 5.69 Å². The molecule has 1 N–H and O–H groups in total. The van der Waals surface area contributed by atoms with E-state index in [-0.39, 0.29) is 0 Å². The molecule has 1 aliphatic rings. The van der Waals surface area contributed by atoms with Gasteiger partial charge in [-0.15, -0.1) is 0 Å². The molecule has 0 aliphatic carbocycles. The van der Waals surface area contributed by atoms with E-state index in [1.165, 1.54) is 17.7 Å². The van der Waals surface area contributed by atoms with Gasteiger partial charge in [0.05, 0.1) is 11.7 Å². The second kappa shape index (κ2) is 6.71. The topological polar surface area (TPSA) is 26.7 Å². The Morgan fingerprint density at radius 2 is 2.00 bits per heavy atom. The minimum atomic E-state index is 0.329. The van der Waals surface area contributed by atoms with Gasteiger partial charge >= 0.3 is 0 Å². The Morgan fingerprint density at radius 3 is 2.68 bits per heavy atom. The first-order valence-corrected chi connectivity index (χ1v) is 8.57. The van der Waals surface area contributed by atoms with Gasteiger partial charge in [0.25, 0.3) is 0 Å². The van der Waals surface area contributed by atoms with Gasteiger partial charge in [-0.05, 0) is 61.7 Å². The third kappa shape index (κ3) is 3.13. The van der Waals surface area contributed by atoms with Crippen molar-refractivity contribution in [3.05, 3.63) is 58.6 Å². The summed E-state index contributed by atoms with van der Waals surface area (Å²) in [6, 6.07) is 16.4. The molecule has 116 valence electrons. The summed E-state index contributed by atoms with van der Waals surface area (Å²) < 4.78 is 1.10. The van der Waals surface area contributed by atoms with Gasteiger partial charge in [-0.25, -0.2) is 5.01 Å². The van der Waals surface area contributed by atoms with Crippen LogP contribution in [-0.2, 0) is 0 Å². The minimum Gasteiger partial charge on any atom is -0.508 e. The molecule has 1 unspecified atom stereocenters. The van der Waals surface area contributed by atoms with Gasteiger partial charge in [0.2, 0.25) is 0 Å². The maximum absolute atomic E-state index is 9.77. The lowest BCUT2D eigenvalue weighted by Gasteiger charge is -2.37. The lowest BCUT2D eigenvalue weighted by molar-refractivity contribution is 0.235. The number of nitrogens with zero attached hydrogens (tertiary/aromatic N) is 2. The van der Waals surface area contributed by atoms with E-state index in [2.05, 4.69) is 63.2 Å². The van der Waals surface area contributed by atoms with Crippen molar-refractivity contribution < 1.29 is 5.11 Å². The molecular weight excluding hydrogens is 340 g/mol. The highest BCUT2D eigenvalue weighted by Gasteiger charge is 2.30. The number of phenols is 1. The molecule has 4 heteroatoms. The Morgan fingerprint density at radius 1 is 1.23 bits per heavy atom. The SMILES string of the molecule is CCN(c1ccc(Br)cc1)N1CCCC1c1cccc(O)c1. The number of phenolic OH excluding ortho intramolecular Hbond substituents is 1. The van der Waals surface area contributed by atoms with Gasteiger partial charge < -0.3 is 10.1 Å². The lowest BCUT2D eigenvalue weighted by Crippen LogP contribution is -2.42. The molecule has 3 nitrogen and oxygen atoms in total. The van der Waals surface area contributed by atoms with Crippen LogP contribution in [0.3, 0.4) is 0 Å². The van der Waals surface area contributed by atoms with Gasteiger partial charge in [-0.2, -0.15) is 0 Å². The van der Waals surface area contributed by atoms with Crippen LogP contribution < -0.4 is 5.01 Å². The Balaban J connectivity index is 1.89. The first-order valence-electron chi connectivity index (χ1n) is 7.77. The van der Waals surface area contributed by atoms with Crippen molar-refractivity contribution in [1.29, 1.82) is 0 Å². The summed E-state index contributed by atoms with van der Waals surface area (Å²) in [6.07, 6.45) is 2.30. The van der Waals surface area contributed by atoms with Crippen molar-refractivity contribution in [3.63, 3.8) is 0 Å². The van der Waals surface area contributed by atoms with Crippen LogP contribution in [0, 0.1) is 0 Å². The van der Waals surface area contributed by atoms with Crippen LogP contribution in [0.5, 0.6) is 5.75 Å². The van der Waals surface area contributed by atoms with Crippen molar-refractivity contribution in [3.8, 4) is 5.75 Å². The van der Waals surface area contributed by atoms with Crippen molar-refractivity contribution >= 4 is 21.6 Å². The van der Waals surface area contributed by atoms with Crippen LogP contribution in [-0.4, -0.2) is 23.2 Å². The fourth-order valence-corrected chi connectivity index (χ4v) is 3.50. The Hall–Kier alpha value is -1.52. The fraction of sp³-hybridized carbons (Fsp3) is 0.333. The van der Waals surface area contributed by atoms with Crippen LogP contribution in [0.15, 0.2) is 53.0 Å². The molecule has 0 aromatic heterocycles. The minimum absolute atomic E-state index is 0.329. The summed E-state index contributed by atoms with van der Waals surface area (Å²) in [4.78, 5) is 0. The van der Waals surface area contributed by atoms with Gasteiger partial charge in [-0.1, -0.05) is 28.1 Å². The molecule has 1 atom stereocenters. The molecule has 1 aliphatic heterocycles. The summed E-state index contributed by atoms with van der Waals surface area (Å²) >= 11 is 3.50. The Bertz CT molecular complexity index is 629. The van der Waals surface area contributed by atoms with E-state index in [9.17, 15) is 5.11 Å². The number of anilines is 1. The highest BCUT2D eigenvalue weighted by molar-refractivity contribution is 9.10. The second-order valence-electron chi connectivity index (χ2n) is 5.61. The van der Waals surface area contributed by atoms with E-state index < -0.39 is 0 Å². The first kappa shape index (κ1) is 15.4. The van der Waals surface area contributed by atoms with Gasteiger partial charge in [0.15, 0.2) is 0 Å². The van der Waals surface area contributed by atoms with Gasteiger partial charge in [0.1, 0.15) is 5.75 Å². The highest BCUT2D eigenvalue weighted by Crippen LogP contribution is 2.36. The fourth-order valence-electron chi connectivity index (χ4n) is 3.24. The van der Waals surface area contributed by atoms with E-state index in [1.54, 1.807) is 6.07 Å². The molecular formula is C18H21BrN2O. The van der Waals surface area contributed by atoms with Gasteiger partial charge in [-0.3, -0.25) is 0 Å². The zero-order valence-electron chi connectivity index (χ0n) is 12.7. The Labute approximate surface area is 140 Å². The van der Waals surface area contributed by atoms with Crippen molar-refractivity contribution in [1.82, 2.24) is 5.01 Å². The average Bonchev–Trinajstić information content (AvgIpc) is 2.99. The average molecular weight is 361 g/mol. The number of halogens is 1. The number of aromatic hydroxyl groups is 1. The quantitative estimate of drug-likeness (QED) is 0.853. The van der Waals surface area contributed by atoms with E-state index >= 15 is 0 Å². The standard InChI is InChI=1S/C18H21BrN2O/c1-2-20(16-10-8-15(19)9-11-16)21-12-4-7-18(21)14-5-3-6-17(22)13-14/h3,5-6,8-11,13,18,22H,2,4,7,12H2,1H3. The van der Waals surface area contributed by atoms with E-state index in [0.717, 1.165) is 24.0 Å². The summed E-state index contributed by atoms with van der Waals surface area (Å²) in [5, 5.41) is 14.5. The summed E-state index contributed by atoms with van der Waals surface area (Å²) in [5.41, 5.74) is 2.39. The molecule has 1 fully saturated rings. The molecule has 2 aromatic carbocycles. The molecule has 3 rings (SSSR count). The summed E-state index contributed by atoms with van der Waals surface area (Å²) in [6.45, 7) is 4.15. The lowest BCUT2D eigenvalue weighted by atomic mass is 10.0. The van der Waals surface area contributed by atoms with E-state index in [4.69, 9.17) is 0 Å². The normalized spacial score (nSPS) is 18.5. The number of rotatable bonds is 4. The first-order chi connectivity index (χ1) is 10.7. The third-order valence-electron chi connectivity index (χ3n) is 4.21. The number of hydrazine groups is 1. The maximum atomic E-state index is 9.77. The molecule has 1 heterocycles.